The monoisotopic (exact) mass is 333 g/mol. The van der Waals surface area contributed by atoms with Crippen LogP contribution in [0.2, 0.25) is 5.02 Å². The number of ether oxygens (including phenoxy) is 1. The zero-order valence-corrected chi connectivity index (χ0v) is 11.9. The molecule has 0 aromatic heterocycles. The van der Waals surface area contributed by atoms with Crippen molar-refractivity contribution >= 4 is 39.2 Å². The van der Waals surface area contributed by atoms with Gasteiger partial charge in [-0.15, -0.1) is 0 Å². The van der Waals surface area contributed by atoms with E-state index in [4.69, 9.17) is 21.4 Å². The first kappa shape index (κ1) is 13.6. The van der Waals surface area contributed by atoms with E-state index in [1.807, 2.05) is 12.1 Å². The van der Waals surface area contributed by atoms with Crippen LogP contribution >= 0.6 is 27.5 Å². The second-order valence-corrected chi connectivity index (χ2v) is 5.46. The van der Waals surface area contributed by atoms with Crippen LogP contribution in [0.4, 0.5) is 5.69 Å². The van der Waals surface area contributed by atoms with E-state index >= 15 is 0 Å². The molecule has 1 heterocycles. The summed E-state index contributed by atoms with van der Waals surface area (Å²) in [6.07, 6.45) is 0.581. The Bertz CT molecular complexity index is 455. The summed E-state index contributed by atoms with van der Waals surface area (Å²) in [6.45, 7) is 0.572. The second-order valence-electron chi connectivity index (χ2n) is 4.17. The van der Waals surface area contributed by atoms with E-state index in [0.717, 1.165) is 16.6 Å². The Morgan fingerprint density at radius 2 is 2.33 bits per heavy atom. The highest BCUT2D eigenvalue weighted by molar-refractivity contribution is 9.10. The van der Waals surface area contributed by atoms with Crippen molar-refractivity contribution < 1.29 is 14.6 Å². The van der Waals surface area contributed by atoms with E-state index < -0.39 is 12.1 Å². The molecule has 0 aliphatic carbocycles. The minimum absolute atomic E-state index is 0.0722. The zero-order chi connectivity index (χ0) is 13.1. The number of nitrogens with one attached hydrogen (secondary N) is 1. The summed E-state index contributed by atoms with van der Waals surface area (Å²) >= 11 is 9.33. The van der Waals surface area contributed by atoms with Gasteiger partial charge in [0.15, 0.2) is 6.10 Å². The summed E-state index contributed by atoms with van der Waals surface area (Å²) in [5, 5.41) is 12.7. The number of hydrogen-bond donors (Lipinski definition) is 2. The lowest BCUT2D eigenvalue weighted by Crippen LogP contribution is -2.24. The Kier molecular flexibility index (Phi) is 4.48. The smallest absolute Gasteiger partial charge is 0.332 e. The molecule has 2 rings (SSSR count). The molecule has 1 fully saturated rings. The molecule has 0 saturated carbocycles. The first-order valence-electron chi connectivity index (χ1n) is 5.63. The van der Waals surface area contributed by atoms with Crippen LogP contribution in [-0.2, 0) is 9.53 Å². The van der Waals surface area contributed by atoms with Gasteiger partial charge in [0.2, 0.25) is 0 Å². The van der Waals surface area contributed by atoms with Crippen molar-refractivity contribution in [3.63, 3.8) is 0 Å². The topological polar surface area (TPSA) is 58.6 Å². The predicted octanol–water partition coefficient (Wildman–Crippen LogP) is 3.15. The van der Waals surface area contributed by atoms with Crippen LogP contribution in [0.1, 0.15) is 12.8 Å². The Hall–Kier alpha value is -0.780. The Labute approximate surface area is 118 Å². The maximum atomic E-state index is 10.7. The Balaban J connectivity index is 1.89. The van der Waals surface area contributed by atoms with Crippen LogP contribution in [0.25, 0.3) is 0 Å². The second kappa shape index (κ2) is 5.91. The third-order valence-electron chi connectivity index (χ3n) is 2.83. The van der Waals surface area contributed by atoms with Crippen LogP contribution in [-0.4, -0.2) is 29.8 Å². The first-order valence-corrected chi connectivity index (χ1v) is 6.80. The number of benzene rings is 1. The van der Waals surface area contributed by atoms with Crippen LogP contribution in [0.3, 0.4) is 0 Å². The average molecular weight is 335 g/mol. The standard InChI is InChI=1S/C12H13BrClNO3/c13-9-3-1-7(14)5-10(9)15-6-8-2-4-11(18-8)12(16)17/h1,3,5,8,11,15H,2,4,6H2,(H,16,17). The zero-order valence-electron chi connectivity index (χ0n) is 9.53. The van der Waals surface area contributed by atoms with Gasteiger partial charge < -0.3 is 15.2 Å². The summed E-state index contributed by atoms with van der Waals surface area (Å²) in [5.74, 6) is -0.888. The van der Waals surface area contributed by atoms with Crippen molar-refractivity contribution in [1.82, 2.24) is 0 Å². The highest BCUT2D eigenvalue weighted by atomic mass is 79.9. The van der Waals surface area contributed by atoms with Gasteiger partial charge in [0, 0.05) is 21.7 Å². The molecular weight excluding hydrogens is 321 g/mol. The molecule has 98 valence electrons. The van der Waals surface area contributed by atoms with Gasteiger partial charge in [0.05, 0.1) is 6.10 Å². The molecule has 0 radical (unpaired) electrons. The lowest BCUT2D eigenvalue weighted by atomic mass is 10.2. The number of rotatable bonds is 4. The molecule has 1 aliphatic rings. The Morgan fingerprint density at radius 1 is 1.56 bits per heavy atom. The minimum Gasteiger partial charge on any atom is -0.479 e. The van der Waals surface area contributed by atoms with Crippen molar-refractivity contribution in [2.45, 2.75) is 25.0 Å². The van der Waals surface area contributed by atoms with Crippen LogP contribution < -0.4 is 5.32 Å². The third-order valence-corrected chi connectivity index (χ3v) is 3.76. The van der Waals surface area contributed by atoms with Crippen molar-refractivity contribution in [1.29, 1.82) is 0 Å². The lowest BCUT2D eigenvalue weighted by Gasteiger charge is -2.14. The molecule has 1 aromatic carbocycles. The van der Waals surface area contributed by atoms with Gasteiger partial charge in [0.1, 0.15) is 0 Å². The molecule has 1 saturated heterocycles. The molecule has 0 bridgehead atoms. The van der Waals surface area contributed by atoms with Gasteiger partial charge in [-0.25, -0.2) is 4.79 Å². The van der Waals surface area contributed by atoms with E-state index in [2.05, 4.69) is 21.2 Å². The number of aliphatic carboxylic acids is 1. The van der Waals surface area contributed by atoms with E-state index in [0.29, 0.717) is 18.0 Å². The molecule has 2 N–H and O–H groups in total. The first-order chi connectivity index (χ1) is 8.56. The molecule has 2 unspecified atom stereocenters. The van der Waals surface area contributed by atoms with Gasteiger partial charge in [-0.2, -0.15) is 0 Å². The highest BCUT2D eigenvalue weighted by Gasteiger charge is 2.30. The van der Waals surface area contributed by atoms with E-state index in [1.54, 1.807) is 6.07 Å². The van der Waals surface area contributed by atoms with Crippen molar-refractivity contribution in [2.24, 2.45) is 0 Å². The molecule has 2 atom stereocenters. The largest absolute Gasteiger partial charge is 0.479 e. The highest BCUT2D eigenvalue weighted by Crippen LogP contribution is 2.27. The maximum Gasteiger partial charge on any atom is 0.332 e. The van der Waals surface area contributed by atoms with Crippen molar-refractivity contribution in [2.75, 3.05) is 11.9 Å². The van der Waals surface area contributed by atoms with Crippen molar-refractivity contribution in [3.8, 4) is 0 Å². The number of carboxylic acids is 1. The number of carboxylic acid groups (broad SMARTS) is 1. The quantitative estimate of drug-likeness (QED) is 0.888. The molecule has 0 spiro atoms. The van der Waals surface area contributed by atoms with Gasteiger partial charge in [0.25, 0.3) is 0 Å². The van der Waals surface area contributed by atoms with Crippen LogP contribution in [0.5, 0.6) is 0 Å². The van der Waals surface area contributed by atoms with Crippen LogP contribution in [0.15, 0.2) is 22.7 Å². The molecule has 1 aliphatic heterocycles. The predicted molar refractivity (Wildman–Crippen MR) is 73.2 cm³/mol. The van der Waals surface area contributed by atoms with Gasteiger partial charge >= 0.3 is 5.97 Å². The molecule has 4 nitrogen and oxygen atoms in total. The normalized spacial score (nSPS) is 23.0. The molecule has 6 heteroatoms. The summed E-state index contributed by atoms with van der Waals surface area (Å²) in [5.41, 5.74) is 0.880. The fourth-order valence-electron chi connectivity index (χ4n) is 1.89. The average Bonchev–Trinajstić information content (AvgIpc) is 2.79. The van der Waals surface area contributed by atoms with E-state index in [9.17, 15) is 4.79 Å². The summed E-state index contributed by atoms with van der Waals surface area (Å²) in [4.78, 5) is 10.7. The number of hydrogen-bond acceptors (Lipinski definition) is 3. The number of halogens is 2. The number of carbonyl (C=O) groups is 1. The number of anilines is 1. The van der Waals surface area contributed by atoms with Crippen LogP contribution in [0, 0.1) is 0 Å². The van der Waals surface area contributed by atoms with Gasteiger partial charge in [-0.1, -0.05) is 11.6 Å². The van der Waals surface area contributed by atoms with E-state index in [-0.39, 0.29) is 6.10 Å². The van der Waals surface area contributed by atoms with Gasteiger partial charge in [-0.3, -0.25) is 0 Å². The summed E-state index contributed by atoms with van der Waals surface area (Å²) < 4.78 is 6.32. The molecule has 0 amide bonds. The molecular formula is C12H13BrClNO3. The van der Waals surface area contributed by atoms with Gasteiger partial charge in [-0.05, 0) is 47.0 Å². The summed E-state index contributed by atoms with van der Waals surface area (Å²) in [7, 11) is 0. The van der Waals surface area contributed by atoms with Crippen molar-refractivity contribution in [3.05, 3.63) is 27.7 Å². The molecule has 1 aromatic rings. The lowest BCUT2D eigenvalue weighted by molar-refractivity contribution is -0.149. The fraction of sp³-hybridized carbons (Fsp3) is 0.417. The fourth-order valence-corrected chi connectivity index (χ4v) is 2.45. The third kappa shape index (κ3) is 3.37. The Morgan fingerprint density at radius 3 is 3.00 bits per heavy atom. The maximum absolute atomic E-state index is 10.7. The SMILES string of the molecule is O=C(O)C1CCC(CNc2cc(Cl)ccc2Br)O1. The minimum atomic E-state index is -0.888. The molecule has 18 heavy (non-hydrogen) atoms. The van der Waals surface area contributed by atoms with E-state index in [1.165, 1.54) is 0 Å². The summed E-state index contributed by atoms with van der Waals surface area (Å²) in [6, 6.07) is 5.47.